The van der Waals surface area contributed by atoms with Crippen molar-refractivity contribution in [2.75, 3.05) is 38.6 Å². The summed E-state index contributed by atoms with van der Waals surface area (Å²) >= 11 is 0. The number of carbonyl (C=O) groups is 2. The molecule has 0 aliphatic carbocycles. The number of likely N-dealkylation sites (tertiary alicyclic amines) is 1. The molecule has 1 fully saturated rings. The summed E-state index contributed by atoms with van der Waals surface area (Å²) in [6.07, 6.45) is 2.40. The van der Waals surface area contributed by atoms with Crippen molar-refractivity contribution in [2.24, 2.45) is 0 Å². The third-order valence-electron chi connectivity index (χ3n) is 5.80. The first kappa shape index (κ1) is 21.8. The maximum Gasteiger partial charge on any atom is 0.309 e. The van der Waals surface area contributed by atoms with Crippen LogP contribution in [0.25, 0.3) is 0 Å². The Morgan fingerprint density at radius 3 is 2.13 bits per heavy atom. The fourth-order valence-corrected chi connectivity index (χ4v) is 3.92. The van der Waals surface area contributed by atoms with Crippen molar-refractivity contribution >= 4 is 17.5 Å². The average Bonchev–Trinajstić information content (AvgIpc) is 3.28. The second-order valence-electron chi connectivity index (χ2n) is 8.28. The number of amides is 2. The van der Waals surface area contributed by atoms with Gasteiger partial charge in [0.25, 0.3) is 0 Å². The van der Waals surface area contributed by atoms with E-state index in [1.807, 2.05) is 45.3 Å². The molecule has 30 heavy (non-hydrogen) atoms. The van der Waals surface area contributed by atoms with E-state index in [-0.39, 0.29) is 6.04 Å². The molecular weight excluding hydrogens is 376 g/mol. The van der Waals surface area contributed by atoms with E-state index in [9.17, 15) is 9.59 Å². The molecule has 3 rings (SSSR count). The third kappa shape index (κ3) is 5.83. The predicted octanol–water partition coefficient (Wildman–Crippen LogP) is 1.21. The van der Waals surface area contributed by atoms with Crippen LogP contribution in [-0.4, -0.2) is 45.5 Å². The molecule has 6 nitrogen and oxygen atoms in total. The van der Waals surface area contributed by atoms with E-state index < -0.39 is 11.8 Å². The molecule has 0 unspecified atom stereocenters. The van der Waals surface area contributed by atoms with Gasteiger partial charge in [-0.05, 0) is 24.6 Å². The van der Waals surface area contributed by atoms with Crippen LogP contribution in [0, 0.1) is 6.92 Å². The summed E-state index contributed by atoms with van der Waals surface area (Å²) in [5.74, 6) is -1.16. The summed E-state index contributed by atoms with van der Waals surface area (Å²) in [4.78, 5) is 28.1. The predicted molar refractivity (Wildman–Crippen MR) is 119 cm³/mol. The molecule has 1 aliphatic rings. The van der Waals surface area contributed by atoms with Gasteiger partial charge in [0.15, 0.2) is 0 Å². The number of quaternary nitrogens is 1. The Morgan fingerprint density at radius 2 is 1.53 bits per heavy atom. The molecule has 1 heterocycles. The number of hydrogen-bond acceptors (Lipinski definition) is 3. The van der Waals surface area contributed by atoms with Gasteiger partial charge in [-0.25, -0.2) is 0 Å². The number of rotatable bonds is 7. The lowest BCUT2D eigenvalue weighted by Crippen LogP contribution is -3.11. The van der Waals surface area contributed by atoms with E-state index in [1.165, 1.54) is 23.3 Å². The minimum Gasteiger partial charge on any atom is -0.378 e. The first-order chi connectivity index (χ1) is 14.4. The number of hydrogen-bond donors (Lipinski definition) is 3. The molecule has 1 aliphatic heterocycles. The van der Waals surface area contributed by atoms with Crippen LogP contribution in [-0.2, 0) is 16.1 Å². The van der Waals surface area contributed by atoms with Crippen molar-refractivity contribution in [1.29, 1.82) is 0 Å². The van der Waals surface area contributed by atoms with E-state index in [1.54, 1.807) is 0 Å². The van der Waals surface area contributed by atoms with Crippen molar-refractivity contribution < 1.29 is 14.5 Å². The molecule has 6 heteroatoms. The van der Waals surface area contributed by atoms with Crippen LogP contribution in [0.3, 0.4) is 0 Å². The molecule has 2 aromatic carbocycles. The Balaban J connectivity index is 1.58. The molecule has 0 saturated carbocycles. The zero-order chi connectivity index (χ0) is 21.5. The van der Waals surface area contributed by atoms with Gasteiger partial charge in [-0.2, -0.15) is 0 Å². The third-order valence-corrected chi connectivity index (χ3v) is 5.80. The van der Waals surface area contributed by atoms with Gasteiger partial charge in [0.1, 0.15) is 6.04 Å². The summed E-state index contributed by atoms with van der Waals surface area (Å²) in [6.45, 7) is 5.00. The van der Waals surface area contributed by atoms with Gasteiger partial charge in [-0.1, -0.05) is 42.0 Å². The topological polar surface area (TPSA) is 65.9 Å². The summed E-state index contributed by atoms with van der Waals surface area (Å²) in [6, 6.07) is 16.5. The van der Waals surface area contributed by atoms with Gasteiger partial charge in [0.2, 0.25) is 0 Å². The number of nitrogens with zero attached hydrogens (tertiary/aromatic N) is 1. The first-order valence-electron chi connectivity index (χ1n) is 10.7. The molecule has 1 atom stereocenters. The molecule has 2 amide bonds. The molecule has 0 radical (unpaired) electrons. The zero-order valence-electron chi connectivity index (χ0n) is 18.2. The fraction of sp³-hybridized carbons (Fsp3) is 0.417. The number of carbonyl (C=O) groups excluding carboxylic acids is 2. The molecule has 2 aromatic rings. The minimum absolute atomic E-state index is 0.151. The lowest BCUT2D eigenvalue weighted by Gasteiger charge is -2.25. The van der Waals surface area contributed by atoms with E-state index in [2.05, 4.69) is 39.8 Å². The van der Waals surface area contributed by atoms with Crippen LogP contribution in [0.5, 0.6) is 0 Å². The standard InChI is InChI=1S/C24H32N4O2/c1-18-6-8-19(9-7-18)16-25-23(29)24(30)26-17-22(28-14-4-5-15-28)20-10-12-21(13-11-20)27(2)3/h6-13,22H,4-5,14-17H2,1-3H3,(H,25,29)(H,26,30)/p+1/t22-/m0/s1. The van der Waals surface area contributed by atoms with Gasteiger partial charge >= 0.3 is 11.8 Å². The Morgan fingerprint density at radius 1 is 0.933 bits per heavy atom. The van der Waals surface area contributed by atoms with E-state index in [4.69, 9.17) is 0 Å². The average molecular weight is 410 g/mol. The molecular formula is C24H33N4O2+. The maximum absolute atomic E-state index is 12.4. The monoisotopic (exact) mass is 409 g/mol. The highest BCUT2D eigenvalue weighted by Gasteiger charge is 2.28. The van der Waals surface area contributed by atoms with Crippen molar-refractivity contribution in [2.45, 2.75) is 32.4 Å². The largest absolute Gasteiger partial charge is 0.378 e. The summed E-state index contributed by atoms with van der Waals surface area (Å²) in [7, 11) is 4.04. The van der Waals surface area contributed by atoms with Gasteiger partial charge < -0.3 is 20.4 Å². The van der Waals surface area contributed by atoms with E-state index in [0.717, 1.165) is 29.9 Å². The fourth-order valence-electron chi connectivity index (χ4n) is 3.92. The SMILES string of the molecule is Cc1ccc(CNC(=O)C(=O)NC[C@@H](c2ccc(N(C)C)cc2)[NH+]2CCCC2)cc1. The molecule has 0 aromatic heterocycles. The van der Waals surface area contributed by atoms with Crippen molar-refractivity contribution in [3.8, 4) is 0 Å². The van der Waals surface area contributed by atoms with Crippen LogP contribution in [0.15, 0.2) is 48.5 Å². The highest BCUT2D eigenvalue weighted by Crippen LogP contribution is 2.17. The summed E-state index contributed by atoms with van der Waals surface area (Å²) < 4.78 is 0. The number of anilines is 1. The maximum atomic E-state index is 12.4. The Labute approximate surface area is 179 Å². The lowest BCUT2D eigenvalue weighted by atomic mass is 10.0. The quantitative estimate of drug-likeness (QED) is 0.603. The highest BCUT2D eigenvalue weighted by molar-refractivity contribution is 6.35. The van der Waals surface area contributed by atoms with Crippen LogP contribution in [0.2, 0.25) is 0 Å². The van der Waals surface area contributed by atoms with Gasteiger partial charge in [0.05, 0.1) is 19.6 Å². The second-order valence-corrected chi connectivity index (χ2v) is 8.28. The Bertz CT molecular complexity index is 841. The van der Waals surface area contributed by atoms with Crippen molar-refractivity contribution in [3.05, 3.63) is 65.2 Å². The van der Waals surface area contributed by atoms with Gasteiger partial charge in [-0.15, -0.1) is 0 Å². The Hall–Kier alpha value is -2.86. The first-order valence-corrected chi connectivity index (χ1v) is 10.7. The number of nitrogens with one attached hydrogen (secondary N) is 3. The summed E-state index contributed by atoms with van der Waals surface area (Å²) in [5.41, 5.74) is 4.48. The van der Waals surface area contributed by atoms with Crippen LogP contribution < -0.4 is 20.4 Å². The smallest absolute Gasteiger partial charge is 0.309 e. The minimum atomic E-state index is -0.589. The second kappa shape index (κ2) is 10.3. The van der Waals surface area contributed by atoms with Crippen molar-refractivity contribution in [3.63, 3.8) is 0 Å². The molecule has 160 valence electrons. The summed E-state index contributed by atoms with van der Waals surface area (Å²) in [5, 5.41) is 5.57. The van der Waals surface area contributed by atoms with Crippen LogP contribution in [0.1, 0.15) is 35.6 Å². The van der Waals surface area contributed by atoms with Crippen LogP contribution >= 0.6 is 0 Å². The van der Waals surface area contributed by atoms with E-state index >= 15 is 0 Å². The number of benzene rings is 2. The number of aryl methyl sites for hydroxylation is 1. The zero-order valence-corrected chi connectivity index (χ0v) is 18.2. The molecule has 1 saturated heterocycles. The van der Waals surface area contributed by atoms with E-state index in [0.29, 0.717) is 13.1 Å². The van der Waals surface area contributed by atoms with Gasteiger partial charge in [0, 0.05) is 44.7 Å². The normalized spacial score (nSPS) is 14.9. The highest BCUT2D eigenvalue weighted by atomic mass is 16.2. The molecule has 3 N–H and O–H groups in total. The van der Waals surface area contributed by atoms with Crippen molar-refractivity contribution in [1.82, 2.24) is 10.6 Å². The lowest BCUT2D eigenvalue weighted by molar-refractivity contribution is -0.918. The molecule has 0 spiro atoms. The van der Waals surface area contributed by atoms with Gasteiger partial charge in [-0.3, -0.25) is 9.59 Å². The Kier molecular flexibility index (Phi) is 7.46. The van der Waals surface area contributed by atoms with Crippen LogP contribution in [0.4, 0.5) is 5.69 Å². The molecule has 0 bridgehead atoms.